The van der Waals surface area contributed by atoms with E-state index in [0.717, 1.165) is 62.8 Å². The summed E-state index contributed by atoms with van der Waals surface area (Å²) in [7, 11) is 1.51. The third-order valence-electron chi connectivity index (χ3n) is 13.4. The van der Waals surface area contributed by atoms with Gasteiger partial charge >= 0.3 is 0 Å². The number of piperidine rings is 2. The van der Waals surface area contributed by atoms with E-state index in [4.69, 9.17) is 26.1 Å². The Balaban J connectivity index is 0.756. The van der Waals surface area contributed by atoms with Gasteiger partial charge in [0.05, 0.1) is 36.2 Å². The van der Waals surface area contributed by atoms with Gasteiger partial charge in [-0.15, -0.1) is 0 Å². The number of amides is 4. The number of ether oxygens (including phenoxy) is 2. The van der Waals surface area contributed by atoms with E-state index < -0.39 is 17.8 Å². The first-order valence-electron chi connectivity index (χ1n) is 22.5. The maximum atomic E-state index is 16.1. The van der Waals surface area contributed by atoms with Gasteiger partial charge in [-0.05, 0) is 89.3 Å². The van der Waals surface area contributed by atoms with Crippen LogP contribution in [0.5, 0.6) is 5.75 Å². The van der Waals surface area contributed by atoms with Crippen molar-refractivity contribution in [2.45, 2.75) is 102 Å². The van der Waals surface area contributed by atoms with Crippen molar-refractivity contribution in [1.82, 2.24) is 35.0 Å². The number of nitrogens with one attached hydrogen (secondary N) is 3. The van der Waals surface area contributed by atoms with E-state index in [1.807, 2.05) is 32.0 Å². The SMILES string of the molecule is CNC(=O)COc1cc2cc(Nc3nc(N4CCC(O[C@H]5C[C@H](N6CCN(c7ccc8c(c7F)CN(C7CCC(=O)NC7=O)C8=O)[C@@H](C)C6)C5)CC4)ncc3Cl)ccc2n(C(C)C)c1=O. The minimum Gasteiger partial charge on any atom is -0.478 e. The number of benzene rings is 2. The van der Waals surface area contributed by atoms with E-state index in [2.05, 4.69) is 42.6 Å². The Kier molecular flexibility index (Phi) is 12.4. The third kappa shape index (κ3) is 8.82. The molecule has 65 heavy (non-hydrogen) atoms. The predicted molar refractivity (Wildman–Crippen MR) is 242 cm³/mol. The molecule has 9 rings (SSSR count). The zero-order valence-electron chi connectivity index (χ0n) is 36.9. The molecule has 5 aliphatic rings. The zero-order valence-corrected chi connectivity index (χ0v) is 37.7. The number of anilines is 4. The number of rotatable bonds is 12. The molecule has 4 amide bonds. The quantitative estimate of drug-likeness (QED) is 0.169. The van der Waals surface area contributed by atoms with E-state index in [1.165, 1.54) is 11.9 Å². The maximum Gasteiger partial charge on any atom is 0.293 e. The van der Waals surface area contributed by atoms with Crippen molar-refractivity contribution in [3.05, 3.63) is 74.9 Å². The molecule has 2 atom stereocenters. The third-order valence-corrected chi connectivity index (χ3v) is 13.7. The van der Waals surface area contributed by atoms with Crippen molar-refractivity contribution in [3.8, 4) is 5.75 Å². The van der Waals surface area contributed by atoms with E-state index in [0.29, 0.717) is 46.3 Å². The second-order valence-electron chi connectivity index (χ2n) is 17.9. The Morgan fingerprint density at radius 1 is 1.00 bits per heavy atom. The van der Waals surface area contributed by atoms with Gasteiger partial charge in [-0.2, -0.15) is 4.98 Å². The maximum absolute atomic E-state index is 16.1. The second kappa shape index (κ2) is 18.2. The number of nitrogens with zero attached hydrogens (tertiary/aromatic N) is 7. The molecule has 3 N–H and O–H groups in total. The lowest BCUT2D eigenvalue weighted by Crippen LogP contribution is -2.59. The number of piperazine rings is 1. The van der Waals surface area contributed by atoms with Crippen LogP contribution in [-0.2, 0) is 25.7 Å². The molecule has 0 spiro atoms. The van der Waals surface area contributed by atoms with Gasteiger partial charge in [-0.1, -0.05) is 11.6 Å². The van der Waals surface area contributed by atoms with Gasteiger partial charge in [0.25, 0.3) is 17.4 Å². The highest BCUT2D eigenvalue weighted by Gasteiger charge is 2.43. The summed E-state index contributed by atoms with van der Waals surface area (Å²) in [6, 6.07) is 10.1. The largest absolute Gasteiger partial charge is 0.478 e. The summed E-state index contributed by atoms with van der Waals surface area (Å²) in [6.45, 7) is 9.33. The van der Waals surface area contributed by atoms with Gasteiger partial charge in [-0.3, -0.25) is 34.2 Å². The number of carbonyl (C=O) groups excluding carboxylic acids is 4. The number of halogens is 2. The number of hydrogen-bond acceptors (Lipinski definition) is 13. The van der Waals surface area contributed by atoms with Crippen LogP contribution < -0.4 is 36.0 Å². The van der Waals surface area contributed by atoms with Crippen LogP contribution in [0.4, 0.5) is 27.5 Å². The summed E-state index contributed by atoms with van der Waals surface area (Å²) in [4.78, 5) is 79.9. The van der Waals surface area contributed by atoms with Gasteiger partial charge in [0.2, 0.25) is 17.8 Å². The Labute approximate surface area is 380 Å². The molecule has 6 heterocycles. The molecule has 4 fully saturated rings. The van der Waals surface area contributed by atoms with E-state index in [-0.39, 0.29) is 84.9 Å². The molecule has 17 nitrogen and oxygen atoms in total. The van der Waals surface area contributed by atoms with Crippen LogP contribution in [0.15, 0.2) is 47.4 Å². The highest BCUT2D eigenvalue weighted by Crippen LogP contribution is 2.38. The van der Waals surface area contributed by atoms with E-state index in [9.17, 15) is 24.0 Å². The fourth-order valence-electron chi connectivity index (χ4n) is 9.86. The summed E-state index contributed by atoms with van der Waals surface area (Å²) in [5.41, 5.74) is 2.16. The average molecular weight is 913 g/mol. The number of likely N-dealkylation sites (N-methyl/N-ethyl adjacent to an activating group) is 1. The minimum absolute atomic E-state index is 0.00571. The second-order valence-corrected chi connectivity index (χ2v) is 18.3. The highest BCUT2D eigenvalue weighted by molar-refractivity contribution is 6.33. The predicted octanol–water partition coefficient (Wildman–Crippen LogP) is 4.52. The first-order chi connectivity index (χ1) is 31.3. The number of aromatic nitrogens is 3. The molecular weight excluding hydrogens is 859 g/mol. The zero-order chi connectivity index (χ0) is 45.7. The van der Waals surface area contributed by atoms with Crippen molar-refractivity contribution in [1.29, 1.82) is 0 Å². The topological polar surface area (TPSA) is 184 Å². The van der Waals surface area contributed by atoms with Gasteiger partial charge in [-0.25, -0.2) is 9.37 Å². The molecule has 1 saturated carbocycles. The Morgan fingerprint density at radius 3 is 2.51 bits per heavy atom. The molecule has 4 aliphatic heterocycles. The first kappa shape index (κ1) is 44.4. The van der Waals surface area contributed by atoms with Crippen LogP contribution in [0, 0.1) is 5.82 Å². The molecule has 2 aromatic carbocycles. The summed E-state index contributed by atoms with van der Waals surface area (Å²) in [5, 5.41) is 9.22. The minimum atomic E-state index is -0.788. The van der Waals surface area contributed by atoms with Crippen molar-refractivity contribution >= 4 is 69.3 Å². The fraction of sp³-hybridized carbons (Fsp3) is 0.500. The van der Waals surface area contributed by atoms with Crippen molar-refractivity contribution < 1.29 is 33.0 Å². The number of fused-ring (bicyclic) bond motifs is 2. The first-order valence-corrected chi connectivity index (χ1v) is 22.8. The molecule has 1 aliphatic carbocycles. The molecule has 2 aromatic heterocycles. The van der Waals surface area contributed by atoms with E-state index in [1.54, 1.807) is 29.0 Å². The number of imide groups is 1. The molecular formula is C46H54ClFN10O7. The van der Waals surface area contributed by atoms with Crippen LogP contribution in [0.3, 0.4) is 0 Å². The molecule has 344 valence electrons. The molecule has 19 heteroatoms. The van der Waals surface area contributed by atoms with Crippen LogP contribution >= 0.6 is 11.6 Å². The number of carbonyl (C=O) groups is 4. The highest BCUT2D eigenvalue weighted by atomic mass is 35.5. The van der Waals surface area contributed by atoms with Crippen LogP contribution in [0.25, 0.3) is 10.9 Å². The summed E-state index contributed by atoms with van der Waals surface area (Å²) in [5.74, 6) is -0.913. The van der Waals surface area contributed by atoms with Gasteiger partial charge in [0.15, 0.2) is 24.0 Å². The smallest absolute Gasteiger partial charge is 0.293 e. The Hall–Kier alpha value is -5.85. The van der Waals surface area contributed by atoms with Gasteiger partial charge in [0, 0.05) is 86.5 Å². The molecule has 0 radical (unpaired) electrons. The van der Waals surface area contributed by atoms with Gasteiger partial charge < -0.3 is 39.4 Å². The van der Waals surface area contributed by atoms with E-state index >= 15 is 4.39 Å². The average Bonchev–Trinajstić information content (AvgIpc) is 3.61. The number of pyridine rings is 1. The monoisotopic (exact) mass is 912 g/mol. The molecule has 1 unspecified atom stereocenters. The molecule has 4 aromatic rings. The van der Waals surface area contributed by atoms with Crippen molar-refractivity contribution in [2.24, 2.45) is 0 Å². The van der Waals surface area contributed by atoms with Crippen molar-refractivity contribution in [3.63, 3.8) is 0 Å². The van der Waals surface area contributed by atoms with Gasteiger partial charge in [0.1, 0.15) is 11.1 Å². The number of hydrogen-bond donors (Lipinski definition) is 3. The fourth-order valence-corrected chi connectivity index (χ4v) is 10.0. The Bertz CT molecular complexity index is 2600. The molecule has 0 bridgehead atoms. The summed E-state index contributed by atoms with van der Waals surface area (Å²) >= 11 is 6.60. The molecule has 3 saturated heterocycles. The normalized spacial score (nSPS) is 22.9. The summed E-state index contributed by atoms with van der Waals surface area (Å²) in [6.07, 6.45) is 5.85. The van der Waals surface area contributed by atoms with Crippen LogP contribution in [0.1, 0.15) is 81.3 Å². The lowest BCUT2D eigenvalue weighted by molar-refractivity contribution is -0.137. The lowest BCUT2D eigenvalue weighted by Gasteiger charge is -2.49. The van der Waals surface area contributed by atoms with Crippen LogP contribution in [0.2, 0.25) is 5.02 Å². The standard InChI is InChI=1S/C46H54ClFN10O7/c1-25(2)58-35-7-5-28(17-27(35)18-38(45(58)63)64-24-40(60)49-4)51-42-34(47)21-50-46(53-42)54-13-11-30(12-14-54)65-31-19-29(20-31)55-15-16-56(26(3)22-55)36-8-6-32-33(41(36)48)23-57(44(32)62)37-9-10-39(59)52-43(37)61/h5-8,17-18,21,25-26,29-31,37H,9-16,19-20,22-24H2,1-4H3,(H,49,60)(H,50,51,53)(H,52,59,61)/t26-,29-,31-,37?/m0/s1. The summed E-state index contributed by atoms with van der Waals surface area (Å²) < 4.78 is 30.0. The lowest BCUT2D eigenvalue weighted by atomic mass is 9.86. The Morgan fingerprint density at radius 2 is 1.78 bits per heavy atom. The van der Waals surface area contributed by atoms with Crippen LogP contribution in [-0.4, -0.2) is 125 Å². The van der Waals surface area contributed by atoms with Crippen molar-refractivity contribution in [2.75, 3.05) is 61.5 Å².